The lowest BCUT2D eigenvalue weighted by molar-refractivity contribution is 0.314. The molecule has 25 heavy (non-hydrogen) atoms. The highest BCUT2D eigenvalue weighted by Gasteiger charge is 2.31. The third-order valence-electron chi connectivity index (χ3n) is 4.64. The van der Waals surface area contributed by atoms with Gasteiger partial charge in [-0.2, -0.15) is 5.26 Å². The summed E-state index contributed by atoms with van der Waals surface area (Å²) >= 11 is 0. The second kappa shape index (κ2) is 6.06. The van der Waals surface area contributed by atoms with Crippen molar-refractivity contribution in [2.45, 2.75) is 18.8 Å². The Labute approximate surface area is 144 Å². The molecule has 1 aliphatic rings. The van der Waals surface area contributed by atoms with Crippen LogP contribution in [0.25, 0.3) is 21.9 Å². The van der Waals surface area contributed by atoms with Gasteiger partial charge in [-0.25, -0.2) is 27.7 Å². The molecule has 1 aliphatic heterocycles. The second-order valence-corrected chi connectivity index (χ2v) is 8.10. The fraction of sp³-hybridized carbons (Fsp3) is 0.375. The Morgan fingerprint density at radius 1 is 1.36 bits per heavy atom. The second-order valence-electron chi connectivity index (χ2n) is 6.13. The number of H-pyrrole nitrogens is 1. The molecule has 3 aromatic rings. The largest absolute Gasteiger partial charge is 0.349 e. The number of pyridine rings is 1. The van der Waals surface area contributed by atoms with Gasteiger partial charge >= 0.3 is 0 Å². The first-order chi connectivity index (χ1) is 12.1. The van der Waals surface area contributed by atoms with Crippen LogP contribution in [0.3, 0.4) is 0 Å². The summed E-state index contributed by atoms with van der Waals surface area (Å²) < 4.78 is 25.9. The molecule has 9 heteroatoms. The Hall–Kier alpha value is -2.57. The molecule has 1 fully saturated rings. The lowest BCUT2D eigenvalue weighted by Gasteiger charge is -2.31. The van der Waals surface area contributed by atoms with E-state index in [9.17, 15) is 8.42 Å². The zero-order valence-corrected chi connectivity index (χ0v) is 14.2. The molecule has 0 radical (unpaired) electrons. The summed E-state index contributed by atoms with van der Waals surface area (Å²) in [4.78, 5) is 16.1. The molecule has 1 N–H and O–H groups in total. The normalized spacial score (nSPS) is 19.2. The van der Waals surface area contributed by atoms with Gasteiger partial charge in [0.05, 0.1) is 24.1 Å². The van der Waals surface area contributed by atoms with E-state index >= 15 is 0 Å². The fourth-order valence-electron chi connectivity index (χ4n) is 3.50. The van der Waals surface area contributed by atoms with Crippen LogP contribution >= 0.6 is 0 Å². The van der Waals surface area contributed by atoms with Gasteiger partial charge in [0.2, 0.25) is 10.0 Å². The summed E-state index contributed by atoms with van der Waals surface area (Å²) in [5.41, 5.74) is 2.36. The molecule has 1 saturated heterocycles. The Morgan fingerprint density at radius 3 is 3.08 bits per heavy atom. The number of aromatic nitrogens is 4. The maximum absolute atomic E-state index is 12.3. The molecule has 4 heterocycles. The van der Waals surface area contributed by atoms with Crippen molar-refractivity contribution < 1.29 is 8.42 Å². The Balaban J connectivity index is 1.79. The molecule has 128 valence electrons. The van der Waals surface area contributed by atoms with Crippen molar-refractivity contribution in [3.63, 3.8) is 0 Å². The van der Waals surface area contributed by atoms with Crippen LogP contribution < -0.4 is 0 Å². The highest BCUT2D eigenvalue weighted by atomic mass is 32.2. The number of sulfonamides is 1. The van der Waals surface area contributed by atoms with E-state index in [2.05, 4.69) is 19.9 Å². The van der Waals surface area contributed by atoms with Crippen molar-refractivity contribution in [3.05, 3.63) is 30.5 Å². The predicted octanol–water partition coefficient (Wildman–Crippen LogP) is 1.54. The van der Waals surface area contributed by atoms with Gasteiger partial charge in [0.1, 0.15) is 0 Å². The summed E-state index contributed by atoms with van der Waals surface area (Å²) in [5, 5.41) is 10.6. The number of aromatic amines is 1. The lowest BCUT2D eigenvalue weighted by Crippen LogP contribution is -2.40. The van der Waals surface area contributed by atoms with E-state index in [0.717, 1.165) is 34.8 Å². The zero-order chi connectivity index (χ0) is 17.4. The molecule has 0 aromatic carbocycles. The maximum atomic E-state index is 12.3. The standard InChI is InChI=1S/C16H16N6O2S/c17-4-7-25(23,24)22-6-1-2-11(9-22)15-14-12-3-5-18-16(12)19-8-13(14)20-10-21-15/h3,5,8,10-11H,1-2,6-7,9H2,(H,20,21). The maximum Gasteiger partial charge on any atom is 0.227 e. The topological polar surface area (TPSA) is 116 Å². The van der Waals surface area contributed by atoms with Crippen LogP contribution in [0.1, 0.15) is 24.5 Å². The molecule has 4 rings (SSSR count). The third-order valence-corrected chi connectivity index (χ3v) is 6.25. The van der Waals surface area contributed by atoms with E-state index < -0.39 is 15.8 Å². The molecule has 0 aliphatic carbocycles. The highest BCUT2D eigenvalue weighted by molar-refractivity contribution is 7.89. The average molecular weight is 356 g/mol. The minimum atomic E-state index is -3.54. The van der Waals surface area contributed by atoms with Crippen LogP contribution in [-0.4, -0.2) is 51.5 Å². The summed E-state index contributed by atoms with van der Waals surface area (Å²) in [6.07, 6.45) is 6.63. The Kier molecular flexibility index (Phi) is 3.86. The van der Waals surface area contributed by atoms with E-state index in [-0.39, 0.29) is 5.92 Å². The van der Waals surface area contributed by atoms with Gasteiger partial charge in [0, 0.05) is 41.7 Å². The average Bonchev–Trinajstić information content (AvgIpc) is 3.10. The van der Waals surface area contributed by atoms with Crippen LogP contribution in [-0.2, 0) is 10.0 Å². The molecular formula is C16H16N6O2S. The highest BCUT2D eigenvalue weighted by Crippen LogP contribution is 2.33. The van der Waals surface area contributed by atoms with Gasteiger partial charge in [-0.3, -0.25) is 0 Å². The van der Waals surface area contributed by atoms with Crippen molar-refractivity contribution in [2.75, 3.05) is 18.8 Å². The van der Waals surface area contributed by atoms with Crippen molar-refractivity contribution in [3.8, 4) is 6.07 Å². The molecule has 3 aromatic heterocycles. The molecule has 0 bridgehead atoms. The quantitative estimate of drug-likeness (QED) is 0.761. The molecule has 1 atom stereocenters. The SMILES string of the molecule is N#CCS(=O)(=O)N1CCCC(c2[nH]cnc3cnc4nccc4c23)C1. The molecule has 8 nitrogen and oxygen atoms in total. The van der Waals surface area contributed by atoms with E-state index in [1.54, 1.807) is 24.8 Å². The number of rotatable bonds is 3. The lowest BCUT2D eigenvalue weighted by atomic mass is 9.93. The summed E-state index contributed by atoms with van der Waals surface area (Å²) in [5.74, 6) is -0.477. The Morgan fingerprint density at radius 2 is 2.24 bits per heavy atom. The van der Waals surface area contributed by atoms with E-state index in [0.29, 0.717) is 18.7 Å². The molecular weight excluding hydrogens is 340 g/mol. The number of hydrogen-bond donors (Lipinski definition) is 1. The first-order valence-electron chi connectivity index (χ1n) is 8.01. The van der Waals surface area contributed by atoms with Crippen LogP contribution in [0, 0.1) is 11.3 Å². The van der Waals surface area contributed by atoms with Crippen molar-refractivity contribution >= 4 is 32.0 Å². The monoisotopic (exact) mass is 356 g/mol. The number of fused-ring (bicyclic) bond motifs is 3. The number of hydrogen-bond acceptors (Lipinski definition) is 6. The van der Waals surface area contributed by atoms with Crippen LogP contribution in [0.4, 0.5) is 0 Å². The Bertz CT molecular complexity index is 1080. The van der Waals surface area contributed by atoms with Gasteiger partial charge in [-0.15, -0.1) is 0 Å². The smallest absolute Gasteiger partial charge is 0.227 e. The summed E-state index contributed by atoms with van der Waals surface area (Å²) in [7, 11) is -3.54. The van der Waals surface area contributed by atoms with Crippen LogP contribution in [0.2, 0.25) is 0 Å². The van der Waals surface area contributed by atoms with Crippen molar-refractivity contribution in [1.29, 1.82) is 5.26 Å². The van der Waals surface area contributed by atoms with Gasteiger partial charge in [-0.05, 0) is 18.9 Å². The molecule has 0 amide bonds. The summed E-state index contributed by atoms with van der Waals surface area (Å²) in [6, 6.07) is 3.65. The van der Waals surface area contributed by atoms with Gasteiger partial charge in [-0.1, -0.05) is 0 Å². The van der Waals surface area contributed by atoms with Gasteiger partial charge < -0.3 is 4.98 Å². The van der Waals surface area contributed by atoms with Crippen LogP contribution in [0.5, 0.6) is 0 Å². The number of nitriles is 1. The first-order valence-corrected chi connectivity index (χ1v) is 9.62. The third kappa shape index (κ3) is 2.73. The van der Waals surface area contributed by atoms with Gasteiger partial charge in [0.25, 0.3) is 0 Å². The number of piperidine rings is 1. The van der Waals surface area contributed by atoms with E-state index in [1.807, 2.05) is 6.07 Å². The molecule has 0 saturated carbocycles. The first kappa shape index (κ1) is 15.9. The number of nitrogens with one attached hydrogen (secondary N) is 1. The minimum absolute atomic E-state index is 0.00761. The molecule has 0 spiro atoms. The van der Waals surface area contributed by atoms with Gasteiger partial charge in [0.15, 0.2) is 11.4 Å². The summed E-state index contributed by atoms with van der Waals surface area (Å²) in [6.45, 7) is 0.815. The fourth-order valence-corrected chi connectivity index (χ4v) is 4.66. The zero-order valence-electron chi connectivity index (χ0n) is 13.4. The van der Waals surface area contributed by atoms with E-state index in [1.165, 1.54) is 4.31 Å². The van der Waals surface area contributed by atoms with Crippen LogP contribution in [0.15, 0.2) is 24.8 Å². The number of nitrogens with zero attached hydrogens (tertiary/aromatic N) is 5. The van der Waals surface area contributed by atoms with E-state index in [4.69, 9.17) is 5.26 Å². The molecule has 1 unspecified atom stereocenters. The predicted molar refractivity (Wildman–Crippen MR) is 92.1 cm³/mol. The van der Waals surface area contributed by atoms with Crippen molar-refractivity contribution in [1.82, 2.24) is 24.2 Å². The van der Waals surface area contributed by atoms with Crippen molar-refractivity contribution in [2.24, 2.45) is 0 Å². The minimum Gasteiger partial charge on any atom is -0.349 e.